The third kappa shape index (κ3) is 3.13. The number of rotatable bonds is 1. The Balaban J connectivity index is 1.51. The predicted molar refractivity (Wildman–Crippen MR) is 145 cm³/mol. The summed E-state index contributed by atoms with van der Waals surface area (Å²) in [5.41, 5.74) is 1.62. The van der Waals surface area contributed by atoms with Gasteiger partial charge in [0.25, 0.3) is 11.8 Å². The van der Waals surface area contributed by atoms with E-state index in [2.05, 4.69) is 0 Å². The number of carbonyl (C=O) groups is 1. The first-order valence-corrected chi connectivity index (χ1v) is 14.1. The molecule has 1 saturated heterocycles. The lowest BCUT2D eigenvalue weighted by molar-refractivity contribution is -0.0468. The molecule has 4 heterocycles. The van der Waals surface area contributed by atoms with Crippen molar-refractivity contribution in [2.24, 2.45) is 0 Å². The van der Waals surface area contributed by atoms with Gasteiger partial charge in [-0.25, -0.2) is 13.2 Å². The van der Waals surface area contributed by atoms with E-state index < -0.39 is 59.1 Å². The van der Waals surface area contributed by atoms with Crippen LogP contribution >= 0.6 is 11.3 Å². The van der Waals surface area contributed by atoms with Gasteiger partial charge in [0.1, 0.15) is 12.0 Å². The number of thiophene rings is 1. The molecule has 8 rings (SSSR count). The summed E-state index contributed by atoms with van der Waals surface area (Å²) >= 11 is 1.35. The molecule has 41 heavy (non-hydrogen) atoms. The number of carbonyl (C=O) groups excluding carboxylic acids is 1. The maximum Gasteiger partial charge on any atom is 0.280 e. The first kappa shape index (κ1) is 24.7. The van der Waals surface area contributed by atoms with Crippen LogP contribution in [0.15, 0.2) is 58.8 Å². The number of halogens is 3. The highest BCUT2D eigenvalue weighted by Crippen LogP contribution is 2.58. The first-order chi connectivity index (χ1) is 19.7. The summed E-state index contributed by atoms with van der Waals surface area (Å²) in [5, 5.41) is 14.4. The van der Waals surface area contributed by atoms with Gasteiger partial charge in [-0.1, -0.05) is 30.3 Å². The molecule has 7 nitrogen and oxygen atoms in total. The van der Waals surface area contributed by atoms with E-state index in [1.165, 1.54) is 28.3 Å². The van der Waals surface area contributed by atoms with E-state index in [4.69, 9.17) is 4.74 Å². The molecule has 3 atom stereocenters. The Hall–Kier alpha value is -4.09. The van der Waals surface area contributed by atoms with Crippen molar-refractivity contribution in [1.29, 1.82) is 0 Å². The van der Waals surface area contributed by atoms with Crippen molar-refractivity contribution >= 4 is 17.2 Å². The van der Waals surface area contributed by atoms with Crippen molar-refractivity contribution in [2.75, 3.05) is 18.2 Å². The molecule has 1 amide bonds. The highest BCUT2D eigenvalue weighted by molar-refractivity contribution is 7.14. The molecule has 0 saturated carbocycles. The number of benzene rings is 2. The van der Waals surface area contributed by atoms with Gasteiger partial charge in [0.05, 0.1) is 30.9 Å². The Bertz CT molecular complexity index is 1870. The van der Waals surface area contributed by atoms with E-state index in [0.717, 1.165) is 28.1 Å². The van der Waals surface area contributed by atoms with Crippen LogP contribution in [-0.2, 0) is 17.1 Å². The second kappa shape index (κ2) is 8.23. The van der Waals surface area contributed by atoms with E-state index in [1.54, 1.807) is 22.2 Å². The SMILES string of the molecule is CC1COCC2N1C(=O)c1c(O)c(=O)ccn1N2C1c2ccccc2-c2scc3c2-c2c1ccc(F)c2C(F)(F)C3. The van der Waals surface area contributed by atoms with Gasteiger partial charge in [0.2, 0.25) is 5.43 Å². The number of amides is 1. The lowest BCUT2D eigenvalue weighted by Crippen LogP contribution is -2.68. The zero-order chi connectivity index (χ0) is 28.4. The number of fused-ring (bicyclic) bond motifs is 4. The summed E-state index contributed by atoms with van der Waals surface area (Å²) in [6.07, 6.45) is 0.0844. The summed E-state index contributed by atoms with van der Waals surface area (Å²) in [7, 11) is 0. The zero-order valence-corrected chi connectivity index (χ0v) is 22.4. The number of alkyl halides is 2. The number of nitrogens with zero attached hydrogens (tertiary/aromatic N) is 3. The number of morpholine rings is 1. The number of aromatic hydroxyl groups is 1. The molecule has 0 spiro atoms. The molecule has 1 fully saturated rings. The fourth-order valence-electron chi connectivity index (χ4n) is 6.98. The molecular formula is C30H22F3N3O4S. The van der Waals surface area contributed by atoms with Crippen LogP contribution in [0.3, 0.4) is 0 Å². The number of ether oxygens (including phenoxy) is 1. The van der Waals surface area contributed by atoms with Gasteiger partial charge in [0, 0.05) is 34.7 Å². The van der Waals surface area contributed by atoms with Crippen LogP contribution in [0.5, 0.6) is 5.75 Å². The lowest BCUT2D eigenvalue weighted by atomic mass is 9.80. The number of pyridine rings is 1. The van der Waals surface area contributed by atoms with Crippen LogP contribution in [-0.4, -0.2) is 46.0 Å². The Morgan fingerprint density at radius 3 is 2.68 bits per heavy atom. The minimum Gasteiger partial charge on any atom is -0.502 e. The topological polar surface area (TPSA) is 75.0 Å². The Kier molecular flexibility index (Phi) is 4.96. The molecule has 0 bridgehead atoms. The van der Waals surface area contributed by atoms with Crippen LogP contribution in [0.2, 0.25) is 0 Å². The van der Waals surface area contributed by atoms with Gasteiger partial charge in [-0.15, -0.1) is 11.3 Å². The average Bonchev–Trinajstić information content (AvgIpc) is 3.30. The summed E-state index contributed by atoms with van der Waals surface area (Å²) in [5.74, 6) is -5.65. The van der Waals surface area contributed by atoms with Gasteiger partial charge >= 0.3 is 0 Å². The van der Waals surface area contributed by atoms with Crippen molar-refractivity contribution in [3.63, 3.8) is 0 Å². The Morgan fingerprint density at radius 1 is 1.05 bits per heavy atom. The minimum absolute atomic E-state index is 0.0909. The lowest BCUT2D eigenvalue weighted by Gasteiger charge is -2.53. The van der Waals surface area contributed by atoms with Gasteiger partial charge < -0.3 is 14.7 Å². The number of aromatic nitrogens is 1. The number of hydrogen-bond donors (Lipinski definition) is 1. The molecule has 3 unspecified atom stereocenters. The maximum atomic E-state index is 15.7. The Labute approximate surface area is 235 Å². The summed E-state index contributed by atoms with van der Waals surface area (Å²) < 4.78 is 54.1. The van der Waals surface area contributed by atoms with Gasteiger partial charge in [-0.3, -0.25) is 19.3 Å². The molecular weight excluding hydrogens is 555 g/mol. The second-order valence-corrected chi connectivity index (χ2v) is 11.8. The molecule has 1 N–H and O–H groups in total. The standard InChI is InChI=1S/C30H22F3N3O4S/c1-14-11-40-12-21-35(14)29(39)26-27(38)20(37)8-9-34(26)36(21)25-16-4-2-3-5-17(16)28-22-15(13-41-28)10-30(32,33)24-19(31)7-6-18(25)23(22)24/h2-9,13-14,21,25,38H,10-12H2,1H3. The summed E-state index contributed by atoms with van der Waals surface area (Å²) in [4.78, 5) is 28.6. The summed E-state index contributed by atoms with van der Waals surface area (Å²) in [6, 6.07) is 10.1. The third-order valence-corrected chi connectivity index (χ3v) is 9.67. The highest BCUT2D eigenvalue weighted by atomic mass is 32.1. The molecule has 2 aliphatic heterocycles. The fourth-order valence-corrected chi connectivity index (χ4v) is 8.10. The van der Waals surface area contributed by atoms with Crippen LogP contribution < -0.4 is 10.4 Å². The van der Waals surface area contributed by atoms with Gasteiger partial charge in [-0.05, 0) is 40.6 Å². The monoisotopic (exact) mass is 577 g/mol. The van der Waals surface area contributed by atoms with E-state index in [1.807, 2.05) is 24.3 Å². The Morgan fingerprint density at radius 2 is 1.85 bits per heavy atom. The van der Waals surface area contributed by atoms with Crippen molar-refractivity contribution in [2.45, 2.75) is 37.5 Å². The van der Waals surface area contributed by atoms with Crippen molar-refractivity contribution in [3.8, 4) is 27.3 Å². The zero-order valence-electron chi connectivity index (χ0n) is 21.6. The van der Waals surface area contributed by atoms with Crippen molar-refractivity contribution in [3.05, 3.63) is 98.0 Å². The van der Waals surface area contributed by atoms with Crippen molar-refractivity contribution in [1.82, 2.24) is 9.58 Å². The molecule has 0 radical (unpaired) electrons. The van der Waals surface area contributed by atoms with Crippen LogP contribution in [0, 0.1) is 5.82 Å². The normalized spacial score (nSPS) is 23.3. The number of hydrogen-bond acceptors (Lipinski definition) is 6. The molecule has 2 aromatic heterocycles. The highest BCUT2D eigenvalue weighted by Gasteiger charge is 2.51. The average molecular weight is 578 g/mol. The second-order valence-electron chi connectivity index (χ2n) is 10.9. The maximum absolute atomic E-state index is 15.7. The molecule has 4 aromatic rings. The quantitative estimate of drug-likeness (QED) is 0.346. The largest absolute Gasteiger partial charge is 0.502 e. The van der Waals surface area contributed by atoms with Crippen LogP contribution in [0.4, 0.5) is 13.2 Å². The van der Waals surface area contributed by atoms with Crippen LogP contribution in [0.25, 0.3) is 21.6 Å². The van der Waals surface area contributed by atoms with E-state index in [9.17, 15) is 14.7 Å². The molecule has 11 heteroatoms. The molecule has 2 aromatic carbocycles. The van der Waals surface area contributed by atoms with E-state index >= 15 is 13.2 Å². The smallest absolute Gasteiger partial charge is 0.280 e. The third-order valence-electron chi connectivity index (χ3n) is 8.61. The first-order valence-electron chi connectivity index (χ1n) is 13.2. The predicted octanol–water partition coefficient (Wildman–Crippen LogP) is 4.98. The fraction of sp³-hybridized carbons (Fsp3) is 0.267. The van der Waals surface area contributed by atoms with E-state index in [0.29, 0.717) is 16.7 Å². The van der Waals surface area contributed by atoms with Gasteiger partial charge in [0.15, 0.2) is 11.4 Å². The minimum atomic E-state index is -3.44. The summed E-state index contributed by atoms with van der Waals surface area (Å²) in [6.45, 7) is 2.14. The van der Waals surface area contributed by atoms with E-state index in [-0.39, 0.29) is 24.5 Å². The van der Waals surface area contributed by atoms with Crippen molar-refractivity contribution < 1.29 is 27.8 Å². The van der Waals surface area contributed by atoms with Crippen LogP contribution in [0.1, 0.15) is 45.7 Å². The molecule has 4 aliphatic rings. The van der Waals surface area contributed by atoms with Gasteiger partial charge in [-0.2, -0.15) is 0 Å². The molecule has 2 aliphatic carbocycles. The molecule has 208 valence electrons.